The molecule has 1 aromatic rings. The van der Waals surface area contributed by atoms with Crippen LogP contribution in [0.1, 0.15) is 24.8 Å². The maximum Gasteiger partial charge on any atom is 0.213 e. The van der Waals surface area contributed by atoms with E-state index in [4.69, 9.17) is 4.74 Å². The molecular formula is C11H15NO2. The first-order valence-electron chi connectivity index (χ1n) is 4.92. The molecular weight excluding hydrogens is 178 g/mol. The highest BCUT2D eigenvalue weighted by Gasteiger charge is 2.38. The Morgan fingerprint density at radius 1 is 1.57 bits per heavy atom. The summed E-state index contributed by atoms with van der Waals surface area (Å²) in [7, 11) is 1.61. The van der Waals surface area contributed by atoms with Crippen molar-refractivity contribution in [1.82, 2.24) is 4.98 Å². The van der Waals surface area contributed by atoms with Gasteiger partial charge in [0.05, 0.1) is 13.7 Å². The van der Waals surface area contributed by atoms with Crippen LogP contribution in [0.4, 0.5) is 0 Å². The molecule has 1 aliphatic rings. The molecule has 0 amide bonds. The van der Waals surface area contributed by atoms with Crippen molar-refractivity contribution in [3.05, 3.63) is 23.9 Å². The van der Waals surface area contributed by atoms with Crippen LogP contribution in [-0.2, 0) is 5.41 Å². The summed E-state index contributed by atoms with van der Waals surface area (Å²) in [5.74, 6) is 0.627. The van der Waals surface area contributed by atoms with Gasteiger partial charge in [-0.1, -0.05) is 6.42 Å². The Morgan fingerprint density at radius 2 is 2.36 bits per heavy atom. The van der Waals surface area contributed by atoms with Crippen molar-refractivity contribution < 1.29 is 9.84 Å². The molecule has 76 valence electrons. The van der Waals surface area contributed by atoms with Gasteiger partial charge < -0.3 is 9.84 Å². The van der Waals surface area contributed by atoms with Gasteiger partial charge in [0.25, 0.3) is 0 Å². The first kappa shape index (κ1) is 9.46. The summed E-state index contributed by atoms with van der Waals surface area (Å²) in [6.45, 7) is 0.222. The van der Waals surface area contributed by atoms with Gasteiger partial charge in [-0.05, 0) is 24.5 Å². The number of methoxy groups -OCH3 is 1. The molecule has 0 atom stereocenters. The number of aromatic nitrogens is 1. The minimum Gasteiger partial charge on any atom is -0.481 e. The summed E-state index contributed by atoms with van der Waals surface area (Å²) >= 11 is 0. The van der Waals surface area contributed by atoms with Crippen LogP contribution in [0, 0.1) is 0 Å². The number of aliphatic hydroxyl groups is 1. The van der Waals surface area contributed by atoms with E-state index in [1.54, 1.807) is 13.3 Å². The third-order valence-electron chi connectivity index (χ3n) is 3.17. The van der Waals surface area contributed by atoms with E-state index in [2.05, 4.69) is 4.98 Å². The monoisotopic (exact) mass is 193 g/mol. The van der Waals surface area contributed by atoms with E-state index in [-0.39, 0.29) is 12.0 Å². The van der Waals surface area contributed by atoms with Crippen LogP contribution in [0.5, 0.6) is 5.88 Å². The second-order valence-corrected chi connectivity index (χ2v) is 3.88. The average molecular weight is 193 g/mol. The van der Waals surface area contributed by atoms with Gasteiger partial charge >= 0.3 is 0 Å². The average Bonchev–Trinajstić information content (AvgIpc) is 2.18. The highest BCUT2D eigenvalue weighted by Crippen LogP contribution is 2.43. The van der Waals surface area contributed by atoms with E-state index < -0.39 is 0 Å². The van der Waals surface area contributed by atoms with Crippen molar-refractivity contribution in [2.45, 2.75) is 24.7 Å². The van der Waals surface area contributed by atoms with Crippen LogP contribution in [0.3, 0.4) is 0 Å². The van der Waals surface area contributed by atoms with Crippen molar-refractivity contribution in [1.29, 1.82) is 0 Å². The molecule has 0 saturated heterocycles. The Bertz CT molecular complexity index is 315. The zero-order valence-corrected chi connectivity index (χ0v) is 8.36. The molecule has 0 bridgehead atoms. The lowest BCUT2D eigenvalue weighted by Gasteiger charge is -2.40. The van der Waals surface area contributed by atoms with E-state index in [0.29, 0.717) is 5.88 Å². The van der Waals surface area contributed by atoms with Crippen LogP contribution >= 0.6 is 0 Å². The summed E-state index contributed by atoms with van der Waals surface area (Å²) in [5.41, 5.74) is 1.13. The molecule has 1 saturated carbocycles. The summed E-state index contributed by atoms with van der Waals surface area (Å²) in [4.78, 5) is 4.06. The lowest BCUT2D eigenvalue weighted by molar-refractivity contribution is 0.120. The predicted molar refractivity (Wildman–Crippen MR) is 53.4 cm³/mol. The van der Waals surface area contributed by atoms with Crippen LogP contribution in [0.25, 0.3) is 0 Å². The summed E-state index contributed by atoms with van der Waals surface area (Å²) in [6, 6.07) is 3.90. The number of hydrogen-bond acceptors (Lipinski definition) is 3. The lowest BCUT2D eigenvalue weighted by Crippen LogP contribution is -2.37. The first-order valence-corrected chi connectivity index (χ1v) is 4.92. The molecule has 0 aromatic carbocycles. The van der Waals surface area contributed by atoms with E-state index >= 15 is 0 Å². The Kier molecular flexibility index (Phi) is 2.42. The van der Waals surface area contributed by atoms with Gasteiger partial charge in [0.2, 0.25) is 5.88 Å². The molecule has 1 fully saturated rings. The number of pyridine rings is 1. The molecule has 14 heavy (non-hydrogen) atoms. The molecule has 1 N–H and O–H groups in total. The van der Waals surface area contributed by atoms with Crippen LogP contribution in [-0.4, -0.2) is 23.8 Å². The predicted octanol–water partition coefficient (Wildman–Crippen LogP) is 1.50. The fourth-order valence-corrected chi connectivity index (χ4v) is 1.99. The van der Waals surface area contributed by atoms with Gasteiger partial charge in [-0.25, -0.2) is 4.98 Å². The molecule has 1 aromatic heterocycles. The molecule has 0 unspecified atom stereocenters. The smallest absolute Gasteiger partial charge is 0.213 e. The number of nitrogens with zero attached hydrogens (tertiary/aromatic N) is 1. The summed E-state index contributed by atoms with van der Waals surface area (Å²) < 4.78 is 5.07. The van der Waals surface area contributed by atoms with Gasteiger partial charge in [0, 0.05) is 17.7 Å². The minimum atomic E-state index is -0.0176. The fourth-order valence-electron chi connectivity index (χ4n) is 1.99. The third-order valence-corrected chi connectivity index (χ3v) is 3.17. The summed E-state index contributed by atoms with van der Waals surface area (Å²) in [5, 5.41) is 9.39. The third kappa shape index (κ3) is 1.38. The van der Waals surface area contributed by atoms with Gasteiger partial charge in [0.1, 0.15) is 0 Å². The van der Waals surface area contributed by atoms with E-state index in [0.717, 1.165) is 18.4 Å². The Labute approximate surface area is 83.7 Å². The van der Waals surface area contributed by atoms with Crippen molar-refractivity contribution >= 4 is 0 Å². The standard InChI is InChI=1S/C11H15NO2/c1-14-10-7-9(3-6-12-10)11(8-13)4-2-5-11/h3,6-7,13H,2,4-5,8H2,1H3. The number of ether oxygens (including phenoxy) is 1. The van der Waals surface area contributed by atoms with Gasteiger partial charge in [0.15, 0.2) is 0 Å². The first-order chi connectivity index (χ1) is 6.80. The number of hydrogen-bond donors (Lipinski definition) is 1. The zero-order valence-electron chi connectivity index (χ0n) is 8.36. The van der Waals surface area contributed by atoms with E-state index in [1.807, 2.05) is 12.1 Å². The van der Waals surface area contributed by atoms with E-state index in [9.17, 15) is 5.11 Å². The van der Waals surface area contributed by atoms with Crippen molar-refractivity contribution in [3.63, 3.8) is 0 Å². The molecule has 1 aliphatic carbocycles. The lowest BCUT2D eigenvalue weighted by atomic mass is 9.65. The van der Waals surface area contributed by atoms with Crippen LogP contribution < -0.4 is 4.74 Å². The second kappa shape index (κ2) is 3.58. The quantitative estimate of drug-likeness (QED) is 0.791. The topological polar surface area (TPSA) is 42.4 Å². The molecule has 2 rings (SSSR count). The normalized spacial score (nSPS) is 18.7. The maximum atomic E-state index is 9.39. The number of rotatable bonds is 3. The molecule has 0 aliphatic heterocycles. The van der Waals surface area contributed by atoms with Gasteiger partial charge in [-0.2, -0.15) is 0 Å². The van der Waals surface area contributed by atoms with Gasteiger partial charge in [-0.15, -0.1) is 0 Å². The van der Waals surface area contributed by atoms with E-state index in [1.165, 1.54) is 6.42 Å². The van der Waals surface area contributed by atoms with Gasteiger partial charge in [-0.3, -0.25) is 0 Å². The van der Waals surface area contributed by atoms with Crippen LogP contribution in [0.2, 0.25) is 0 Å². The molecule has 0 spiro atoms. The highest BCUT2D eigenvalue weighted by atomic mass is 16.5. The second-order valence-electron chi connectivity index (χ2n) is 3.88. The van der Waals surface area contributed by atoms with Crippen molar-refractivity contribution in [3.8, 4) is 5.88 Å². The fraction of sp³-hybridized carbons (Fsp3) is 0.545. The van der Waals surface area contributed by atoms with Crippen molar-refractivity contribution in [2.75, 3.05) is 13.7 Å². The zero-order chi connectivity index (χ0) is 10.0. The molecule has 3 heteroatoms. The minimum absolute atomic E-state index is 0.0176. The molecule has 0 radical (unpaired) electrons. The molecule has 1 heterocycles. The molecule has 3 nitrogen and oxygen atoms in total. The maximum absolute atomic E-state index is 9.39. The Hall–Kier alpha value is -1.09. The highest BCUT2D eigenvalue weighted by molar-refractivity contribution is 5.30. The Morgan fingerprint density at radius 3 is 2.86 bits per heavy atom. The Balaban J connectivity index is 2.30. The number of aliphatic hydroxyl groups excluding tert-OH is 1. The summed E-state index contributed by atoms with van der Waals surface area (Å²) in [6.07, 6.45) is 5.07. The van der Waals surface area contributed by atoms with Crippen molar-refractivity contribution in [2.24, 2.45) is 0 Å². The largest absolute Gasteiger partial charge is 0.481 e. The van der Waals surface area contributed by atoms with Crippen LogP contribution in [0.15, 0.2) is 18.3 Å². The SMILES string of the molecule is COc1cc(C2(CO)CCC2)ccn1.